The largest absolute Gasteiger partial charge is 0.481 e. The van der Waals surface area contributed by atoms with Crippen LogP contribution in [0.1, 0.15) is 63.6 Å². The summed E-state index contributed by atoms with van der Waals surface area (Å²) in [6.45, 7) is 0.428. The highest BCUT2D eigenvalue weighted by atomic mass is 16.4. The van der Waals surface area contributed by atoms with Gasteiger partial charge in [-0.15, -0.1) is 5.10 Å². The SMILES string of the molecule is O=C(O)C1(Cn2nnnc2CC2CCC2)CCCCCC1. The summed E-state index contributed by atoms with van der Waals surface area (Å²) >= 11 is 0. The zero-order valence-electron chi connectivity index (χ0n) is 12.5. The summed E-state index contributed by atoms with van der Waals surface area (Å²) in [5.74, 6) is 0.865. The van der Waals surface area contributed by atoms with Crippen LogP contribution in [-0.2, 0) is 17.8 Å². The summed E-state index contributed by atoms with van der Waals surface area (Å²) in [6.07, 6.45) is 10.4. The van der Waals surface area contributed by atoms with E-state index in [0.29, 0.717) is 12.5 Å². The molecule has 2 fully saturated rings. The number of nitrogens with zero attached hydrogens (tertiary/aromatic N) is 4. The molecule has 2 aliphatic carbocycles. The molecule has 1 N–H and O–H groups in total. The van der Waals surface area contributed by atoms with E-state index in [0.717, 1.165) is 50.8 Å². The van der Waals surface area contributed by atoms with E-state index in [1.165, 1.54) is 19.3 Å². The van der Waals surface area contributed by atoms with Gasteiger partial charge in [0.15, 0.2) is 5.82 Å². The Morgan fingerprint density at radius 1 is 1.19 bits per heavy atom. The molecule has 0 unspecified atom stereocenters. The van der Waals surface area contributed by atoms with Crippen molar-refractivity contribution in [1.82, 2.24) is 20.2 Å². The van der Waals surface area contributed by atoms with Crippen molar-refractivity contribution in [2.24, 2.45) is 11.3 Å². The molecule has 0 amide bonds. The first kappa shape index (κ1) is 14.5. The Morgan fingerprint density at radius 3 is 2.48 bits per heavy atom. The number of aliphatic carboxylic acids is 1. The lowest BCUT2D eigenvalue weighted by atomic mass is 9.80. The van der Waals surface area contributed by atoms with Crippen LogP contribution < -0.4 is 0 Å². The van der Waals surface area contributed by atoms with Crippen LogP contribution in [0.25, 0.3) is 0 Å². The molecule has 1 heterocycles. The molecule has 0 aliphatic heterocycles. The maximum absolute atomic E-state index is 11.9. The Morgan fingerprint density at radius 2 is 1.90 bits per heavy atom. The lowest BCUT2D eigenvalue weighted by Gasteiger charge is -2.29. The van der Waals surface area contributed by atoms with E-state index in [1.807, 2.05) is 0 Å². The minimum absolute atomic E-state index is 0.428. The molecule has 6 heteroatoms. The van der Waals surface area contributed by atoms with E-state index in [2.05, 4.69) is 15.5 Å². The zero-order chi connectivity index (χ0) is 14.7. The van der Waals surface area contributed by atoms with E-state index in [-0.39, 0.29) is 0 Å². The average molecular weight is 292 g/mol. The van der Waals surface area contributed by atoms with Crippen molar-refractivity contribution in [3.63, 3.8) is 0 Å². The standard InChI is InChI=1S/C15H24N4O2/c20-14(21)15(8-3-1-2-4-9-15)11-19-13(16-17-18-19)10-12-6-5-7-12/h12H,1-11H2,(H,20,21). The number of carboxylic acids is 1. The van der Waals surface area contributed by atoms with Crippen LogP contribution in [0.2, 0.25) is 0 Å². The van der Waals surface area contributed by atoms with Crippen LogP contribution in [0.4, 0.5) is 0 Å². The summed E-state index contributed by atoms with van der Waals surface area (Å²) < 4.78 is 1.76. The van der Waals surface area contributed by atoms with Crippen LogP contribution in [-0.4, -0.2) is 31.3 Å². The third kappa shape index (κ3) is 3.09. The Balaban J connectivity index is 1.76. The van der Waals surface area contributed by atoms with Gasteiger partial charge >= 0.3 is 5.97 Å². The topological polar surface area (TPSA) is 80.9 Å². The number of carboxylic acid groups (broad SMARTS) is 1. The third-order valence-corrected chi connectivity index (χ3v) is 5.27. The van der Waals surface area contributed by atoms with Gasteiger partial charge in [0.1, 0.15) is 0 Å². The van der Waals surface area contributed by atoms with Gasteiger partial charge in [0, 0.05) is 6.42 Å². The van der Waals surface area contributed by atoms with Crippen LogP contribution in [0.5, 0.6) is 0 Å². The van der Waals surface area contributed by atoms with Gasteiger partial charge in [0.25, 0.3) is 0 Å². The minimum Gasteiger partial charge on any atom is -0.481 e. The third-order valence-electron chi connectivity index (χ3n) is 5.27. The number of carbonyl (C=O) groups is 1. The molecule has 116 valence electrons. The van der Waals surface area contributed by atoms with Gasteiger partial charge in [-0.2, -0.15) is 0 Å². The highest BCUT2D eigenvalue weighted by Crippen LogP contribution is 2.37. The number of aromatic nitrogens is 4. The van der Waals surface area contributed by atoms with Gasteiger partial charge < -0.3 is 5.11 Å². The predicted octanol–water partition coefficient (Wildman–Crippen LogP) is 2.44. The number of tetrazole rings is 1. The molecule has 3 rings (SSSR count). The van der Waals surface area contributed by atoms with Crippen LogP contribution in [0.3, 0.4) is 0 Å². The number of hydrogen-bond acceptors (Lipinski definition) is 4. The first-order chi connectivity index (χ1) is 10.2. The van der Waals surface area contributed by atoms with Crippen LogP contribution in [0, 0.1) is 11.3 Å². The second kappa shape index (κ2) is 6.12. The highest BCUT2D eigenvalue weighted by molar-refractivity contribution is 5.74. The summed E-state index contributed by atoms with van der Waals surface area (Å²) in [7, 11) is 0. The Hall–Kier alpha value is -1.46. The normalized spacial score (nSPS) is 22.5. The van der Waals surface area contributed by atoms with Gasteiger partial charge in [-0.1, -0.05) is 44.9 Å². The number of hydrogen-bond donors (Lipinski definition) is 1. The minimum atomic E-state index is -0.686. The molecule has 2 aliphatic rings. The maximum atomic E-state index is 11.9. The van der Waals surface area contributed by atoms with E-state index in [9.17, 15) is 9.90 Å². The first-order valence-corrected chi connectivity index (χ1v) is 8.18. The average Bonchev–Trinajstić information content (AvgIpc) is 2.69. The van der Waals surface area contributed by atoms with E-state index >= 15 is 0 Å². The molecule has 0 saturated heterocycles. The van der Waals surface area contributed by atoms with Gasteiger partial charge in [-0.25, -0.2) is 4.68 Å². The van der Waals surface area contributed by atoms with Crippen molar-refractivity contribution in [2.75, 3.05) is 0 Å². The molecule has 0 radical (unpaired) electrons. The first-order valence-electron chi connectivity index (χ1n) is 8.18. The molecule has 1 aromatic heterocycles. The van der Waals surface area contributed by atoms with Gasteiger partial charge in [-0.05, 0) is 29.2 Å². The predicted molar refractivity (Wildman–Crippen MR) is 76.6 cm³/mol. The zero-order valence-corrected chi connectivity index (χ0v) is 12.5. The molecule has 6 nitrogen and oxygen atoms in total. The van der Waals surface area contributed by atoms with E-state index in [1.54, 1.807) is 4.68 Å². The van der Waals surface area contributed by atoms with E-state index in [4.69, 9.17) is 0 Å². The second-order valence-corrected chi connectivity index (χ2v) is 6.75. The Labute approximate surface area is 124 Å². The quantitative estimate of drug-likeness (QED) is 0.843. The lowest BCUT2D eigenvalue weighted by molar-refractivity contribution is -0.151. The lowest BCUT2D eigenvalue weighted by Crippen LogP contribution is -2.36. The molecular formula is C15H24N4O2. The number of rotatable bonds is 5. The van der Waals surface area contributed by atoms with Crippen LogP contribution in [0.15, 0.2) is 0 Å². The molecular weight excluding hydrogens is 268 g/mol. The maximum Gasteiger partial charge on any atom is 0.311 e. The Kier molecular flexibility index (Phi) is 4.22. The summed E-state index contributed by atoms with van der Waals surface area (Å²) in [5, 5.41) is 21.7. The fourth-order valence-corrected chi connectivity index (χ4v) is 3.58. The van der Waals surface area contributed by atoms with Gasteiger partial charge in [0.2, 0.25) is 0 Å². The van der Waals surface area contributed by atoms with E-state index < -0.39 is 11.4 Å². The molecule has 1 aromatic rings. The van der Waals surface area contributed by atoms with Crippen molar-refractivity contribution in [1.29, 1.82) is 0 Å². The molecule has 2 saturated carbocycles. The van der Waals surface area contributed by atoms with Crippen molar-refractivity contribution >= 4 is 5.97 Å². The summed E-state index contributed by atoms with van der Waals surface area (Å²) in [5.41, 5.74) is -0.680. The summed E-state index contributed by atoms with van der Waals surface area (Å²) in [4.78, 5) is 11.9. The fourth-order valence-electron chi connectivity index (χ4n) is 3.58. The smallest absolute Gasteiger partial charge is 0.311 e. The van der Waals surface area contributed by atoms with Crippen LogP contribution >= 0.6 is 0 Å². The molecule has 0 spiro atoms. The molecule has 21 heavy (non-hydrogen) atoms. The Bertz CT molecular complexity index is 488. The van der Waals surface area contributed by atoms with Crippen molar-refractivity contribution in [3.8, 4) is 0 Å². The molecule has 0 atom stereocenters. The van der Waals surface area contributed by atoms with Gasteiger partial charge in [-0.3, -0.25) is 4.79 Å². The highest BCUT2D eigenvalue weighted by Gasteiger charge is 2.40. The summed E-state index contributed by atoms with van der Waals surface area (Å²) in [6, 6.07) is 0. The monoisotopic (exact) mass is 292 g/mol. The molecule has 0 aromatic carbocycles. The molecule has 0 bridgehead atoms. The second-order valence-electron chi connectivity index (χ2n) is 6.75. The van der Waals surface area contributed by atoms with Gasteiger partial charge in [0.05, 0.1) is 12.0 Å². The van der Waals surface area contributed by atoms with Crippen molar-refractivity contribution in [3.05, 3.63) is 5.82 Å². The van der Waals surface area contributed by atoms with Crippen molar-refractivity contribution in [2.45, 2.75) is 70.8 Å². The van der Waals surface area contributed by atoms with Crippen molar-refractivity contribution < 1.29 is 9.90 Å². The fraction of sp³-hybridized carbons (Fsp3) is 0.867.